The number of hydrogen-bond acceptors (Lipinski definition) is 5. The van der Waals surface area contributed by atoms with E-state index in [9.17, 15) is 15.3 Å². The molecule has 3 aromatic rings. The van der Waals surface area contributed by atoms with Gasteiger partial charge in [-0.25, -0.2) is 0 Å². The highest BCUT2D eigenvalue weighted by Gasteiger charge is 2.44. The number of carbonyl (C=O) groups is 1. The van der Waals surface area contributed by atoms with E-state index in [4.69, 9.17) is 21.1 Å². The molecule has 0 radical (unpaired) electrons. The Labute approximate surface area is 227 Å². The lowest BCUT2D eigenvalue weighted by Crippen LogP contribution is -2.42. The van der Waals surface area contributed by atoms with Crippen LogP contribution >= 0.6 is 11.6 Å². The van der Waals surface area contributed by atoms with E-state index in [1.54, 1.807) is 49.5 Å². The van der Waals surface area contributed by atoms with Gasteiger partial charge in [-0.1, -0.05) is 48.0 Å². The maximum atomic E-state index is 13.7. The third kappa shape index (κ3) is 4.35. The number of hydrogen-bond donors (Lipinski definition) is 2. The zero-order valence-electron chi connectivity index (χ0n) is 21.5. The van der Waals surface area contributed by atoms with E-state index in [-0.39, 0.29) is 17.4 Å². The summed E-state index contributed by atoms with van der Waals surface area (Å²) >= 11 is 6.50. The van der Waals surface area contributed by atoms with E-state index >= 15 is 0 Å². The summed E-state index contributed by atoms with van der Waals surface area (Å²) in [7, 11) is 3.14. The van der Waals surface area contributed by atoms with Crippen molar-refractivity contribution < 1.29 is 19.4 Å². The zero-order valence-corrected chi connectivity index (χ0v) is 22.3. The Hall–Kier alpha value is -4.03. The first kappa shape index (κ1) is 25.6. The summed E-state index contributed by atoms with van der Waals surface area (Å²) in [5, 5.41) is 21.8. The third-order valence-electron chi connectivity index (χ3n) is 7.22. The second kappa shape index (κ2) is 10.4. The van der Waals surface area contributed by atoms with Crippen molar-refractivity contribution in [3.05, 3.63) is 105 Å². The number of halogens is 1. The SMILES string of the molecule is COc1ccc(OC)c([C@H]2C3=C(CCCC3=O)N(c3ccc(C)c(Cl)c3)C(=N)/C2=C(/O)c2ccccc2)c1. The summed E-state index contributed by atoms with van der Waals surface area (Å²) in [6, 6.07) is 20.1. The average molecular weight is 529 g/mol. The molecule has 6 nitrogen and oxygen atoms in total. The minimum Gasteiger partial charge on any atom is -0.507 e. The molecular weight excluding hydrogens is 500 g/mol. The molecule has 1 atom stereocenters. The van der Waals surface area contributed by atoms with E-state index in [0.29, 0.717) is 63.7 Å². The van der Waals surface area contributed by atoms with Crippen LogP contribution in [0.25, 0.3) is 5.76 Å². The molecule has 0 saturated heterocycles. The van der Waals surface area contributed by atoms with Gasteiger partial charge in [0, 0.05) is 45.1 Å². The number of carbonyl (C=O) groups excluding carboxylic acids is 1. The van der Waals surface area contributed by atoms with Crippen molar-refractivity contribution >= 4 is 34.7 Å². The fourth-order valence-corrected chi connectivity index (χ4v) is 5.50. The number of aryl methyl sites for hydroxylation is 1. The number of aliphatic hydroxyl groups is 1. The molecule has 0 saturated carbocycles. The fraction of sp³-hybridized carbons (Fsp3) is 0.226. The average Bonchev–Trinajstić information content (AvgIpc) is 2.94. The van der Waals surface area contributed by atoms with Crippen LogP contribution in [0.15, 0.2) is 83.6 Å². The Balaban J connectivity index is 1.87. The highest BCUT2D eigenvalue weighted by atomic mass is 35.5. The highest BCUT2D eigenvalue weighted by molar-refractivity contribution is 6.32. The summed E-state index contributed by atoms with van der Waals surface area (Å²) in [5.74, 6) is 0.388. The molecule has 3 aromatic carbocycles. The number of rotatable bonds is 5. The molecule has 1 aliphatic carbocycles. The summed E-state index contributed by atoms with van der Waals surface area (Å²) in [4.78, 5) is 15.5. The van der Waals surface area contributed by atoms with Gasteiger partial charge in [-0.2, -0.15) is 0 Å². The van der Waals surface area contributed by atoms with Crippen molar-refractivity contribution in [3.8, 4) is 11.5 Å². The lowest BCUT2D eigenvalue weighted by atomic mass is 9.73. The van der Waals surface area contributed by atoms with Gasteiger partial charge in [-0.15, -0.1) is 0 Å². The summed E-state index contributed by atoms with van der Waals surface area (Å²) in [6.07, 6.45) is 1.67. The molecule has 0 bridgehead atoms. The van der Waals surface area contributed by atoms with Crippen molar-refractivity contribution in [1.82, 2.24) is 0 Å². The van der Waals surface area contributed by atoms with Gasteiger partial charge >= 0.3 is 0 Å². The van der Waals surface area contributed by atoms with Crippen LogP contribution in [0.4, 0.5) is 5.69 Å². The predicted molar refractivity (Wildman–Crippen MR) is 151 cm³/mol. The van der Waals surface area contributed by atoms with Gasteiger partial charge < -0.3 is 14.6 Å². The van der Waals surface area contributed by atoms with Gasteiger partial charge in [-0.05, 0) is 55.7 Å². The van der Waals surface area contributed by atoms with Crippen LogP contribution in [0.1, 0.15) is 41.9 Å². The van der Waals surface area contributed by atoms with Crippen LogP contribution in [0.3, 0.4) is 0 Å². The second-order valence-electron chi connectivity index (χ2n) is 9.42. The number of nitrogens with one attached hydrogen (secondary N) is 1. The normalized spacial score (nSPS) is 18.8. The maximum Gasteiger partial charge on any atom is 0.161 e. The molecule has 7 heteroatoms. The first-order valence-electron chi connectivity index (χ1n) is 12.5. The minimum atomic E-state index is -0.729. The summed E-state index contributed by atoms with van der Waals surface area (Å²) in [5.41, 5.74) is 4.39. The second-order valence-corrected chi connectivity index (χ2v) is 9.83. The Kier molecular flexibility index (Phi) is 7.00. The number of ether oxygens (including phenoxy) is 2. The fourth-order valence-electron chi connectivity index (χ4n) is 5.33. The minimum absolute atomic E-state index is 0.0183. The van der Waals surface area contributed by atoms with Crippen molar-refractivity contribution in [1.29, 1.82) is 5.41 Å². The zero-order chi connectivity index (χ0) is 27.0. The molecule has 5 rings (SSSR count). The van der Waals surface area contributed by atoms with Gasteiger partial charge in [0.05, 0.1) is 20.1 Å². The molecule has 0 amide bonds. The van der Waals surface area contributed by atoms with Crippen LogP contribution < -0.4 is 14.4 Å². The molecule has 0 fully saturated rings. The van der Waals surface area contributed by atoms with E-state index in [1.165, 1.54) is 0 Å². The van der Waals surface area contributed by atoms with Crippen molar-refractivity contribution in [2.75, 3.05) is 19.1 Å². The van der Waals surface area contributed by atoms with Crippen molar-refractivity contribution in [2.24, 2.45) is 0 Å². The van der Waals surface area contributed by atoms with Crippen molar-refractivity contribution in [2.45, 2.75) is 32.1 Å². The molecule has 2 aliphatic rings. The molecule has 2 N–H and O–H groups in total. The summed E-state index contributed by atoms with van der Waals surface area (Å²) in [6.45, 7) is 1.92. The van der Waals surface area contributed by atoms with E-state index in [1.807, 2.05) is 43.3 Å². The Morgan fingerprint density at radius 3 is 2.47 bits per heavy atom. The number of Topliss-reactive ketones (excluding diaryl/α,β-unsaturated/α-hetero) is 1. The Morgan fingerprint density at radius 1 is 1.03 bits per heavy atom. The Bertz CT molecular complexity index is 1490. The molecule has 1 aliphatic heterocycles. The first-order valence-corrected chi connectivity index (χ1v) is 12.9. The molecule has 0 unspecified atom stereocenters. The van der Waals surface area contributed by atoms with Crippen molar-refractivity contribution in [3.63, 3.8) is 0 Å². The van der Waals surface area contributed by atoms with Gasteiger partial charge in [0.1, 0.15) is 23.1 Å². The van der Waals surface area contributed by atoms with Crippen LogP contribution in [-0.4, -0.2) is 30.9 Å². The highest BCUT2D eigenvalue weighted by Crippen LogP contribution is 2.50. The molecule has 0 spiro atoms. The maximum absolute atomic E-state index is 13.7. The van der Waals surface area contributed by atoms with Crippen LogP contribution in [0.2, 0.25) is 5.02 Å². The lowest BCUT2D eigenvalue weighted by Gasteiger charge is -2.42. The summed E-state index contributed by atoms with van der Waals surface area (Å²) < 4.78 is 11.2. The number of aliphatic hydroxyl groups excluding tert-OH is 1. The van der Waals surface area contributed by atoms with Gasteiger partial charge in [0.25, 0.3) is 0 Å². The largest absolute Gasteiger partial charge is 0.507 e. The standard InChI is InChI=1S/C31H29ClN2O4/c1-18-12-13-20(16-23(18)32)34-24-10-7-11-25(35)28(24)27(22-17-21(37-2)14-15-26(22)38-3)29(31(34)33)30(36)19-8-5-4-6-9-19/h4-6,8-9,12-17,27,33,36H,7,10-11H2,1-3H3/b30-29+,33-31?/t27-/m0/s1. The molecular formula is C31H29ClN2O4. The number of allylic oxidation sites excluding steroid dienone is 2. The molecule has 0 aromatic heterocycles. The number of anilines is 1. The monoisotopic (exact) mass is 528 g/mol. The number of benzene rings is 3. The van der Waals surface area contributed by atoms with Gasteiger partial charge in [0.2, 0.25) is 0 Å². The van der Waals surface area contributed by atoms with Crippen LogP contribution in [0, 0.1) is 12.3 Å². The smallest absolute Gasteiger partial charge is 0.161 e. The van der Waals surface area contributed by atoms with Crippen LogP contribution in [-0.2, 0) is 4.79 Å². The third-order valence-corrected chi connectivity index (χ3v) is 7.63. The lowest BCUT2D eigenvalue weighted by molar-refractivity contribution is -0.116. The molecule has 194 valence electrons. The predicted octanol–water partition coefficient (Wildman–Crippen LogP) is 7.22. The topological polar surface area (TPSA) is 82.9 Å². The van der Waals surface area contributed by atoms with Gasteiger partial charge in [-0.3, -0.25) is 15.1 Å². The van der Waals surface area contributed by atoms with E-state index in [2.05, 4.69) is 0 Å². The van der Waals surface area contributed by atoms with Crippen LogP contribution in [0.5, 0.6) is 11.5 Å². The van der Waals surface area contributed by atoms with E-state index in [0.717, 1.165) is 11.3 Å². The number of methoxy groups -OCH3 is 2. The number of nitrogens with zero attached hydrogens (tertiary/aromatic N) is 1. The van der Waals surface area contributed by atoms with Gasteiger partial charge in [0.15, 0.2) is 5.78 Å². The molecule has 1 heterocycles. The first-order chi connectivity index (χ1) is 18.3. The van der Waals surface area contributed by atoms with E-state index < -0.39 is 5.92 Å². The number of ketones is 1. The quantitative estimate of drug-likeness (QED) is 0.341. The molecule has 38 heavy (non-hydrogen) atoms. The number of amidine groups is 1. The Morgan fingerprint density at radius 2 is 1.79 bits per heavy atom.